The van der Waals surface area contributed by atoms with Crippen molar-refractivity contribution in [3.05, 3.63) is 92.9 Å². The molecule has 4 rings (SSSR count). The predicted molar refractivity (Wildman–Crippen MR) is 169 cm³/mol. The van der Waals surface area contributed by atoms with Crippen LogP contribution in [0.2, 0.25) is 15.1 Å². The number of anilines is 1. The number of benzene rings is 3. The van der Waals surface area contributed by atoms with Gasteiger partial charge in [0.25, 0.3) is 10.0 Å². The van der Waals surface area contributed by atoms with Crippen LogP contribution in [0.5, 0.6) is 0 Å². The lowest BCUT2D eigenvalue weighted by molar-refractivity contribution is -0.139. The van der Waals surface area contributed by atoms with Gasteiger partial charge in [-0.3, -0.25) is 13.9 Å². The summed E-state index contributed by atoms with van der Waals surface area (Å²) in [6, 6.07) is 16.8. The first kappa shape index (κ1) is 32.1. The van der Waals surface area contributed by atoms with Crippen LogP contribution in [0.1, 0.15) is 50.2 Å². The molecule has 11 heteroatoms. The highest BCUT2D eigenvalue weighted by atomic mass is 35.5. The van der Waals surface area contributed by atoms with Gasteiger partial charge in [0.2, 0.25) is 11.8 Å². The highest BCUT2D eigenvalue weighted by Gasteiger charge is 2.33. The zero-order valence-electron chi connectivity index (χ0n) is 23.5. The summed E-state index contributed by atoms with van der Waals surface area (Å²) in [5, 5.41) is 4.07. The van der Waals surface area contributed by atoms with E-state index in [4.69, 9.17) is 34.8 Å². The van der Waals surface area contributed by atoms with E-state index in [-0.39, 0.29) is 29.1 Å². The fourth-order valence-corrected chi connectivity index (χ4v) is 6.89. The summed E-state index contributed by atoms with van der Waals surface area (Å²) in [4.78, 5) is 28.9. The first-order valence-corrected chi connectivity index (χ1v) is 16.4. The highest BCUT2D eigenvalue weighted by molar-refractivity contribution is 7.92. The minimum atomic E-state index is -4.18. The number of halogens is 3. The minimum absolute atomic E-state index is 0.0168. The van der Waals surface area contributed by atoms with Crippen LogP contribution in [0.15, 0.2) is 71.6 Å². The summed E-state index contributed by atoms with van der Waals surface area (Å²) in [7, 11) is -4.18. The summed E-state index contributed by atoms with van der Waals surface area (Å²) in [6.07, 6.45) is 4.99. The van der Waals surface area contributed by atoms with Gasteiger partial charge in [0, 0.05) is 17.6 Å². The summed E-state index contributed by atoms with van der Waals surface area (Å²) >= 11 is 18.6. The second kappa shape index (κ2) is 14.1. The van der Waals surface area contributed by atoms with Crippen LogP contribution in [0.4, 0.5) is 5.69 Å². The minimum Gasteiger partial charge on any atom is -0.352 e. The topological polar surface area (TPSA) is 86.8 Å². The van der Waals surface area contributed by atoms with Crippen LogP contribution < -0.4 is 9.62 Å². The van der Waals surface area contributed by atoms with Gasteiger partial charge in [-0.15, -0.1) is 0 Å². The summed E-state index contributed by atoms with van der Waals surface area (Å²) in [6.45, 7) is 2.96. The second-order valence-electron chi connectivity index (χ2n) is 10.6. The van der Waals surface area contributed by atoms with Gasteiger partial charge in [0.05, 0.1) is 20.6 Å². The molecule has 7 nitrogen and oxygen atoms in total. The standard InChI is InChI=1S/C31H34Cl3N3O4S/c1-21-11-14-27(15-12-21)42(40,41)37(26-10-6-7-24(32)18-26)20-30(38)36(19-23-13-16-28(33)29(34)17-23)22(2)31(39)35-25-8-4-3-5-9-25/h6-7,10-18,22,25H,3-5,8-9,19-20H2,1-2H3,(H,35,39)/t22-/m1/s1. The molecule has 1 aliphatic rings. The SMILES string of the molecule is Cc1ccc(S(=O)(=O)N(CC(=O)N(Cc2ccc(Cl)c(Cl)c2)[C@H](C)C(=O)NC2CCCCC2)c2cccc(Cl)c2)cc1. The summed E-state index contributed by atoms with van der Waals surface area (Å²) in [5.41, 5.74) is 1.76. The van der Waals surface area contributed by atoms with Gasteiger partial charge in [-0.1, -0.05) is 83.9 Å². The van der Waals surface area contributed by atoms with Crippen LogP contribution in [0.25, 0.3) is 0 Å². The van der Waals surface area contributed by atoms with Crippen LogP contribution >= 0.6 is 34.8 Å². The van der Waals surface area contributed by atoms with Crippen molar-refractivity contribution >= 4 is 62.3 Å². The Morgan fingerprint density at radius 2 is 1.62 bits per heavy atom. The molecule has 2 amide bonds. The third kappa shape index (κ3) is 7.98. The van der Waals surface area contributed by atoms with E-state index < -0.39 is 28.5 Å². The molecule has 0 aromatic heterocycles. The van der Waals surface area contributed by atoms with Crippen molar-refractivity contribution in [2.75, 3.05) is 10.8 Å². The number of rotatable bonds is 10. The molecule has 1 saturated carbocycles. The quantitative estimate of drug-likeness (QED) is 0.256. The Labute approximate surface area is 262 Å². The zero-order valence-corrected chi connectivity index (χ0v) is 26.6. The maximum atomic E-state index is 14.1. The number of hydrogen-bond acceptors (Lipinski definition) is 4. The van der Waals surface area contributed by atoms with Crippen molar-refractivity contribution in [1.82, 2.24) is 10.2 Å². The number of nitrogens with zero attached hydrogens (tertiary/aromatic N) is 2. The lowest BCUT2D eigenvalue weighted by atomic mass is 9.95. The zero-order chi connectivity index (χ0) is 30.4. The van der Waals surface area contributed by atoms with Crippen LogP contribution in [0, 0.1) is 6.92 Å². The lowest BCUT2D eigenvalue weighted by Gasteiger charge is -2.33. The monoisotopic (exact) mass is 649 g/mol. The van der Waals surface area contributed by atoms with E-state index in [1.54, 1.807) is 55.5 Å². The van der Waals surface area contributed by atoms with E-state index in [1.807, 2.05) is 6.92 Å². The van der Waals surface area contributed by atoms with Crippen molar-refractivity contribution in [3.8, 4) is 0 Å². The van der Waals surface area contributed by atoms with Crippen molar-refractivity contribution in [1.29, 1.82) is 0 Å². The third-order valence-corrected chi connectivity index (χ3v) is 10.2. The molecule has 1 atom stereocenters. The van der Waals surface area contributed by atoms with E-state index in [0.717, 1.165) is 42.0 Å². The van der Waals surface area contributed by atoms with Gasteiger partial charge in [-0.05, 0) is 74.7 Å². The van der Waals surface area contributed by atoms with Crippen molar-refractivity contribution in [2.45, 2.75) is 69.5 Å². The molecule has 0 unspecified atom stereocenters. The van der Waals surface area contributed by atoms with E-state index >= 15 is 0 Å². The fourth-order valence-electron chi connectivity index (χ4n) is 4.98. The number of carbonyl (C=O) groups excluding carboxylic acids is 2. The van der Waals surface area contributed by atoms with Gasteiger partial charge in [0.15, 0.2) is 0 Å². The van der Waals surface area contributed by atoms with E-state index in [2.05, 4.69) is 5.32 Å². The third-order valence-electron chi connectivity index (χ3n) is 7.44. The maximum absolute atomic E-state index is 14.1. The average molecular weight is 651 g/mol. The van der Waals surface area contributed by atoms with Gasteiger partial charge in [0.1, 0.15) is 12.6 Å². The Bertz CT molecular complexity index is 1530. The fraction of sp³-hybridized carbons (Fsp3) is 0.355. The Morgan fingerprint density at radius 3 is 2.26 bits per heavy atom. The van der Waals surface area contributed by atoms with Gasteiger partial charge >= 0.3 is 0 Å². The van der Waals surface area contributed by atoms with Gasteiger partial charge in [-0.2, -0.15) is 0 Å². The number of aryl methyl sites for hydroxylation is 1. The molecule has 0 bridgehead atoms. The largest absolute Gasteiger partial charge is 0.352 e. The molecule has 1 N–H and O–H groups in total. The molecule has 3 aromatic rings. The normalized spacial score (nSPS) is 14.7. The van der Waals surface area contributed by atoms with Gasteiger partial charge < -0.3 is 10.2 Å². The van der Waals surface area contributed by atoms with Crippen LogP contribution in [-0.2, 0) is 26.2 Å². The molecule has 224 valence electrons. The predicted octanol–water partition coefficient (Wildman–Crippen LogP) is 7.02. The average Bonchev–Trinajstić information content (AvgIpc) is 2.96. The molecular weight excluding hydrogens is 617 g/mol. The van der Waals surface area contributed by atoms with Gasteiger partial charge in [-0.25, -0.2) is 8.42 Å². The number of carbonyl (C=O) groups is 2. The Hall–Kier alpha value is -2.78. The molecule has 0 aliphatic heterocycles. The maximum Gasteiger partial charge on any atom is 0.264 e. The molecule has 0 spiro atoms. The number of sulfonamides is 1. The summed E-state index contributed by atoms with van der Waals surface area (Å²) < 4.78 is 28.9. The molecule has 0 heterocycles. The molecule has 3 aromatic carbocycles. The molecular formula is C31H34Cl3N3O4S. The number of hydrogen-bond donors (Lipinski definition) is 1. The molecule has 42 heavy (non-hydrogen) atoms. The van der Waals surface area contributed by atoms with E-state index in [1.165, 1.54) is 23.1 Å². The first-order chi connectivity index (χ1) is 20.0. The van der Waals surface area contributed by atoms with Crippen molar-refractivity contribution in [2.24, 2.45) is 0 Å². The lowest BCUT2D eigenvalue weighted by Crippen LogP contribution is -2.53. The number of amides is 2. The molecule has 0 radical (unpaired) electrons. The van der Waals surface area contributed by atoms with Crippen LogP contribution in [-0.4, -0.2) is 43.8 Å². The number of nitrogens with one attached hydrogen (secondary N) is 1. The molecule has 1 aliphatic carbocycles. The summed E-state index contributed by atoms with van der Waals surface area (Å²) in [5.74, 6) is -0.867. The molecule has 1 fully saturated rings. The van der Waals surface area contributed by atoms with E-state index in [0.29, 0.717) is 20.6 Å². The second-order valence-corrected chi connectivity index (χ2v) is 13.7. The van der Waals surface area contributed by atoms with E-state index in [9.17, 15) is 18.0 Å². The smallest absolute Gasteiger partial charge is 0.264 e. The Kier molecular flexibility index (Phi) is 10.8. The van der Waals surface area contributed by atoms with Crippen molar-refractivity contribution in [3.63, 3.8) is 0 Å². The highest BCUT2D eigenvalue weighted by Crippen LogP contribution is 2.28. The van der Waals surface area contributed by atoms with Crippen molar-refractivity contribution < 1.29 is 18.0 Å². The Morgan fingerprint density at radius 1 is 0.929 bits per heavy atom. The Balaban J connectivity index is 1.69. The van der Waals surface area contributed by atoms with Crippen LogP contribution in [0.3, 0.4) is 0 Å². The molecule has 0 saturated heterocycles. The first-order valence-electron chi connectivity index (χ1n) is 13.8.